The SMILES string of the molecule is O=c1[nH]c(=S)n(CCNCc2ccnc3ccccc23)c2nc[nH]c12. The molecule has 0 aliphatic rings. The zero-order chi connectivity index (χ0) is 17.2. The van der Waals surface area contributed by atoms with Crippen molar-refractivity contribution in [2.24, 2.45) is 0 Å². The Kier molecular flexibility index (Phi) is 4.12. The molecule has 0 aliphatic carbocycles. The van der Waals surface area contributed by atoms with Gasteiger partial charge in [-0.1, -0.05) is 18.2 Å². The van der Waals surface area contributed by atoms with Gasteiger partial charge in [0.05, 0.1) is 11.8 Å². The maximum absolute atomic E-state index is 11.8. The van der Waals surface area contributed by atoms with Crippen LogP contribution in [0.5, 0.6) is 0 Å². The molecule has 0 radical (unpaired) electrons. The van der Waals surface area contributed by atoms with Gasteiger partial charge in [0.1, 0.15) is 5.52 Å². The van der Waals surface area contributed by atoms with Gasteiger partial charge >= 0.3 is 0 Å². The van der Waals surface area contributed by atoms with Crippen molar-refractivity contribution in [2.75, 3.05) is 6.54 Å². The fourth-order valence-electron chi connectivity index (χ4n) is 2.91. The number of H-pyrrole nitrogens is 2. The minimum absolute atomic E-state index is 0.245. The molecule has 4 aromatic rings. The lowest BCUT2D eigenvalue weighted by atomic mass is 10.1. The number of pyridine rings is 1. The molecule has 3 N–H and O–H groups in total. The third-order valence-corrected chi connectivity index (χ3v) is 4.46. The maximum Gasteiger partial charge on any atom is 0.277 e. The van der Waals surface area contributed by atoms with Gasteiger partial charge in [-0.25, -0.2) is 4.98 Å². The number of rotatable bonds is 5. The van der Waals surface area contributed by atoms with Crippen molar-refractivity contribution in [1.82, 2.24) is 29.8 Å². The molecular formula is C17H16N6OS. The van der Waals surface area contributed by atoms with Gasteiger partial charge in [0.15, 0.2) is 10.4 Å². The Labute approximate surface area is 147 Å². The van der Waals surface area contributed by atoms with E-state index in [1.807, 2.05) is 35.0 Å². The zero-order valence-electron chi connectivity index (χ0n) is 13.3. The van der Waals surface area contributed by atoms with Crippen molar-refractivity contribution < 1.29 is 0 Å². The molecule has 126 valence electrons. The highest BCUT2D eigenvalue weighted by molar-refractivity contribution is 7.71. The van der Waals surface area contributed by atoms with E-state index in [2.05, 4.69) is 31.3 Å². The maximum atomic E-state index is 11.8. The van der Waals surface area contributed by atoms with Crippen LogP contribution in [0.1, 0.15) is 5.56 Å². The van der Waals surface area contributed by atoms with E-state index in [4.69, 9.17) is 12.2 Å². The molecule has 0 saturated heterocycles. The molecule has 0 spiro atoms. The monoisotopic (exact) mass is 352 g/mol. The predicted octanol–water partition coefficient (Wildman–Crippen LogP) is 2.12. The topological polar surface area (TPSA) is 91.4 Å². The summed E-state index contributed by atoms with van der Waals surface area (Å²) in [7, 11) is 0. The number of para-hydroxylation sites is 1. The molecule has 0 aliphatic heterocycles. The van der Waals surface area contributed by atoms with E-state index in [1.165, 1.54) is 11.9 Å². The van der Waals surface area contributed by atoms with E-state index in [0.29, 0.717) is 29.0 Å². The molecular weight excluding hydrogens is 336 g/mol. The second kappa shape index (κ2) is 6.58. The summed E-state index contributed by atoms with van der Waals surface area (Å²) in [5, 5.41) is 4.56. The number of fused-ring (bicyclic) bond motifs is 2. The number of hydrogen-bond donors (Lipinski definition) is 3. The van der Waals surface area contributed by atoms with Crippen LogP contribution < -0.4 is 10.9 Å². The minimum atomic E-state index is -0.245. The normalized spacial score (nSPS) is 11.4. The van der Waals surface area contributed by atoms with E-state index in [-0.39, 0.29) is 5.56 Å². The summed E-state index contributed by atoms with van der Waals surface area (Å²) in [5.74, 6) is 0. The Morgan fingerprint density at radius 2 is 2.08 bits per heavy atom. The first-order chi connectivity index (χ1) is 12.2. The van der Waals surface area contributed by atoms with Crippen LogP contribution >= 0.6 is 12.2 Å². The summed E-state index contributed by atoms with van der Waals surface area (Å²) < 4.78 is 2.20. The molecule has 4 rings (SSSR count). The molecule has 0 saturated carbocycles. The molecule has 3 aromatic heterocycles. The lowest BCUT2D eigenvalue weighted by molar-refractivity contribution is 0.595. The molecule has 0 bridgehead atoms. The number of aromatic amines is 2. The highest BCUT2D eigenvalue weighted by atomic mass is 32.1. The Hall–Kier alpha value is -2.84. The molecule has 0 unspecified atom stereocenters. The Bertz CT molecular complexity index is 1150. The number of nitrogens with one attached hydrogen (secondary N) is 3. The fourth-order valence-corrected chi connectivity index (χ4v) is 3.18. The number of imidazole rings is 1. The Morgan fingerprint density at radius 1 is 1.20 bits per heavy atom. The second-order valence-electron chi connectivity index (χ2n) is 5.68. The van der Waals surface area contributed by atoms with E-state index < -0.39 is 0 Å². The van der Waals surface area contributed by atoms with E-state index >= 15 is 0 Å². The lowest BCUT2D eigenvalue weighted by Gasteiger charge is -2.10. The second-order valence-corrected chi connectivity index (χ2v) is 6.06. The van der Waals surface area contributed by atoms with Crippen LogP contribution in [0, 0.1) is 4.77 Å². The average Bonchev–Trinajstić information content (AvgIpc) is 3.11. The van der Waals surface area contributed by atoms with Crippen LogP contribution in [0.25, 0.3) is 22.1 Å². The quantitative estimate of drug-likeness (QED) is 0.378. The summed E-state index contributed by atoms with van der Waals surface area (Å²) in [6.45, 7) is 2.03. The third-order valence-electron chi connectivity index (χ3n) is 4.13. The first-order valence-electron chi connectivity index (χ1n) is 7.93. The largest absolute Gasteiger partial charge is 0.339 e. The summed E-state index contributed by atoms with van der Waals surface area (Å²) in [6.07, 6.45) is 3.33. The molecule has 7 nitrogen and oxygen atoms in total. The van der Waals surface area contributed by atoms with Gasteiger partial charge in [0.25, 0.3) is 5.56 Å². The van der Waals surface area contributed by atoms with Crippen LogP contribution in [0.3, 0.4) is 0 Å². The summed E-state index contributed by atoms with van der Waals surface area (Å²) in [5.41, 5.74) is 2.95. The Balaban J connectivity index is 1.49. The van der Waals surface area contributed by atoms with Gasteiger partial charge < -0.3 is 10.3 Å². The van der Waals surface area contributed by atoms with E-state index in [1.54, 1.807) is 0 Å². The van der Waals surface area contributed by atoms with Crippen LogP contribution in [0.2, 0.25) is 0 Å². The van der Waals surface area contributed by atoms with Gasteiger partial charge in [-0.3, -0.25) is 19.3 Å². The zero-order valence-corrected chi connectivity index (χ0v) is 14.1. The lowest BCUT2D eigenvalue weighted by Crippen LogP contribution is -2.22. The molecule has 8 heteroatoms. The van der Waals surface area contributed by atoms with Crippen molar-refractivity contribution in [3.63, 3.8) is 0 Å². The van der Waals surface area contributed by atoms with E-state index in [9.17, 15) is 4.79 Å². The smallest absolute Gasteiger partial charge is 0.277 e. The average molecular weight is 352 g/mol. The van der Waals surface area contributed by atoms with Crippen LogP contribution in [-0.2, 0) is 13.1 Å². The molecule has 1 aromatic carbocycles. The van der Waals surface area contributed by atoms with Crippen LogP contribution in [0.4, 0.5) is 0 Å². The molecule has 25 heavy (non-hydrogen) atoms. The van der Waals surface area contributed by atoms with Gasteiger partial charge in [0, 0.05) is 31.2 Å². The standard InChI is InChI=1S/C17H16N6OS/c24-16-14-15(21-10-20-14)23(17(25)22-16)8-7-18-9-11-5-6-19-13-4-2-1-3-12(11)13/h1-6,10,18H,7-9H2,(H,20,21)(H,22,24,25). The first kappa shape index (κ1) is 15.7. The van der Waals surface area contributed by atoms with Gasteiger partial charge in [-0.15, -0.1) is 0 Å². The van der Waals surface area contributed by atoms with Gasteiger partial charge in [0.2, 0.25) is 0 Å². The van der Waals surface area contributed by atoms with Crippen molar-refractivity contribution in [3.8, 4) is 0 Å². The van der Waals surface area contributed by atoms with Crippen molar-refractivity contribution in [3.05, 3.63) is 63.5 Å². The number of nitrogens with zero attached hydrogens (tertiary/aromatic N) is 3. The molecule has 0 amide bonds. The van der Waals surface area contributed by atoms with Gasteiger partial charge in [-0.05, 0) is 29.9 Å². The number of benzene rings is 1. The summed E-state index contributed by atoms with van der Waals surface area (Å²) >= 11 is 5.26. The number of hydrogen-bond acceptors (Lipinski definition) is 5. The highest BCUT2D eigenvalue weighted by Crippen LogP contribution is 2.15. The molecule has 0 atom stereocenters. The summed E-state index contributed by atoms with van der Waals surface area (Å²) in [6, 6.07) is 10.1. The minimum Gasteiger partial charge on any atom is -0.339 e. The van der Waals surface area contributed by atoms with Crippen LogP contribution in [-0.4, -0.2) is 31.0 Å². The predicted molar refractivity (Wildman–Crippen MR) is 99.0 cm³/mol. The number of aromatic nitrogens is 5. The van der Waals surface area contributed by atoms with Gasteiger partial charge in [-0.2, -0.15) is 0 Å². The van der Waals surface area contributed by atoms with Crippen molar-refractivity contribution in [2.45, 2.75) is 13.1 Å². The first-order valence-corrected chi connectivity index (χ1v) is 8.34. The fraction of sp³-hybridized carbons (Fsp3) is 0.176. The van der Waals surface area contributed by atoms with Crippen molar-refractivity contribution in [1.29, 1.82) is 0 Å². The highest BCUT2D eigenvalue weighted by Gasteiger charge is 2.07. The third kappa shape index (κ3) is 2.97. The van der Waals surface area contributed by atoms with E-state index in [0.717, 1.165) is 17.4 Å². The van der Waals surface area contributed by atoms with Crippen molar-refractivity contribution >= 4 is 34.3 Å². The molecule has 0 fully saturated rings. The summed E-state index contributed by atoms with van der Waals surface area (Å²) in [4.78, 5) is 25.9. The van der Waals surface area contributed by atoms with Crippen LogP contribution in [0.15, 0.2) is 47.7 Å². The Morgan fingerprint density at radius 3 is 3.00 bits per heavy atom. The molecule has 3 heterocycles.